The third kappa shape index (κ3) is 8.78. The molecule has 1 aliphatic carbocycles. The number of hydrogen-bond donors (Lipinski definition) is 2. The molecule has 188 valence electrons. The molecule has 0 aromatic heterocycles. The Morgan fingerprint density at radius 2 is 1.74 bits per heavy atom. The van der Waals surface area contributed by atoms with Crippen molar-refractivity contribution in [2.24, 2.45) is 11.8 Å². The first kappa shape index (κ1) is 26.3. The highest BCUT2D eigenvalue weighted by Gasteiger charge is 2.27. The molecule has 0 heterocycles. The van der Waals surface area contributed by atoms with E-state index in [0.717, 1.165) is 42.7 Å². The average Bonchev–Trinajstić information content (AvgIpc) is 2.86. The van der Waals surface area contributed by atoms with Gasteiger partial charge in [0.15, 0.2) is 0 Å². The van der Waals surface area contributed by atoms with Gasteiger partial charge in [-0.05, 0) is 79.1 Å². The lowest BCUT2D eigenvalue weighted by atomic mass is 9.80. The maximum atomic E-state index is 12.6. The molecular weight excluding hydrogens is 440 g/mol. The lowest BCUT2D eigenvalue weighted by Gasteiger charge is -2.27. The minimum absolute atomic E-state index is 0.00514. The summed E-state index contributed by atoms with van der Waals surface area (Å²) < 4.78 is 10.9. The lowest BCUT2D eigenvalue weighted by Crippen LogP contribution is -2.25. The van der Waals surface area contributed by atoms with E-state index in [1.807, 2.05) is 12.1 Å². The van der Waals surface area contributed by atoms with Crippen molar-refractivity contribution in [1.29, 1.82) is 0 Å². The molecule has 6 heteroatoms. The molecule has 0 saturated heterocycles. The highest BCUT2D eigenvalue weighted by atomic mass is 16.5. The number of benzene rings is 2. The van der Waals surface area contributed by atoms with Crippen LogP contribution in [0.4, 0.5) is 11.4 Å². The topological polar surface area (TPSA) is 105 Å². The number of anilines is 2. The van der Waals surface area contributed by atoms with Crippen molar-refractivity contribution in [2.45, 2.75) is 64.7 Å². The number of hydrogen-bond acceptors (Lipinski definition) is 6. The Hall–Kier alpha value is -3.28. The van der Waals surface area contributed by atoms with E-state index in [1.165, 1.54) is 31.8 Å². The summed E-state index contributed by atoms with van der Waals surface area (Å²) in [5.74, 6) is 0.713. The van der Waals surface area contributed by atoms with E-state index in [9.17, 15) is 9.59 Å². The number of carbonyl (C=O) groups is 2. The van der Waals surface area contributed by atoms with Crippen molar-refractivity contribution in [3.8, 4) is 5.75 Å². The van der Waals surface area contributed by atoms with Crippen molar-refractivity contribution >= 4 is 29.4 Å². The second-order valence-electron chi connectivity index (χ2n) is 9.41. The molecule has 35 heavy (non-hydrogen) atoms. The molecule has 0 atom stereocenters. The Kier molecular flexibility index (Phi) is 10.2. The smallest absolute Gasteiger partial charge is 0.330 e. The second kappa shape index (κ2) is 13.6. The summed E-state index contributed by atoms with van der Waals surface area (Å²) >= 11 is 0. The highest BCUT2D eigenvalue weighted by Crippen LogP contribution is 2.33. The summed E-state index contributed by atoms with van der Waals surface area (Å²) in [5, 5.41) is 0. The number of nitrogens with two attached hydrogens (primary N) is 2. The van der Waals surface area contributed by atoms with Gasteiger partial charge in [0, 0.05) is 23.9 Å². The van der Waals surface area contributed by atoms with E-state index in [1.54, 1.807) is 36.4 Å². The highest BCUT2D eigenvalue weighted by molar-refractivity contribution is 5.87. The van der Waals surface area contributed by atoms with Crippen LogP contribution in [0.5, 0.6) is 5.75 Å². The van der Waals surface area contributed by atoms with Crippen LogP contribution in [0.15, 0.2) is 48.5 Å². The van der Waals surface area contributed by atoms with E-state index in [4.69, 9.17) is 20.9 Å². The number of ether oxygens (including phenoxy) is 2. The molecule has 0 amide bonds. The summed E-state index contributed by atoms with van der Waals surface area (Å²) in [6, 6.07) is 12.4. The van der Waals surface area contributed by atoms with Gasteiger partial charge in [-0.2, -0.15) is 0 Å². The van der Waals surface area contributed by atoms with Crippen LogP contribution in [-0.2, 0) is 20.7 Å². The van der Waals surface area contributed by atoms with Crippen LogP contribution >= 0.6 is 0 Å². The van der Waals surface area contributed by atoms with Crippen molar-refractivity contribution < 1.29 is 19.1 Å². The average molecular weight is 479 g/mol. The summed E-state index contributed by atoms with van der Waals surface area (Å²) in [7, 11) is 0. The summed E-state index contributed by atoms with van der Waals surface area (Å²) in [4.78, 5) is 24.6. The van der Waals surface area contributed by atoms with Crippen molar-refractivity contribution in [1.82, 2.24) is 0 Å². The minimum atomic E-state index is -0.437. The molecule has 1 fully saturated rings. The van der Waals surface area contributed by atoms with Crippen LogP contribution < -0.4 is 16.2 Å². The van der Waals surface area contributed by atoms with Crippen molar-refractivity contribution in [3.63, 3.8) is 0 Å². The molecule has 0 spiro atoms. The molecule has 4 N–H and O–H groups in total. The van der Waals surface area contributed by atoms with Gasteiger partial charge in [0.1, 0.15) is 5.75 Å². The van der Waals surface area contributed by atoms with Crippen LogP contribution in [-0.4, -0.2) is 18.5 Å². The minimum Gasteiger partial charge on any atom is -0.462 e. The Morgan fingerprint density at radius 3 is 2.46 bits per heavy atom. The van der Waals surface area contributed by atoms with E-state index in [2.05, 4.69) is 6.92 Å². The van der Waals surface area contributed by atoms with Crippen LogP contribution in [0.25, 0.3) is 6.08 Å². The molecule has 1 aliphatic rings. The molecule has 0 unspecified atom stereocenters. The van der Waals surface area contributed by atoms with Gasteiger partial charge in [0.25, 0.3) is 0 Å². The van der Waals surface area contributed by atoms with Crippen LogP contribution in [0.3, 0.4) is 0 Å². The molecule has 3 rings (SSSR count). The zero-order chi connectivity index (χ0) is 25.0. The fraction of sp³-hybridized carbons (Fsp3) is 0.448. The Labute approximate surface area is 208 Å². The quantitative estimate of drug-likeness (QED) is 0.136. The molecule has 6 nitrogen and oxygen atoms in total. The van der Waals surface area contributed by atoms with Crippen molar-refractivity contribution in [3.05, 3.63) is 59.7 Å². The Morgan fingerprint density at radius 1 is 1.00 bits per heavy atom. The van der Waals surface area contributed by atoms with Gasteiger partial charge in [-0.1, -0.05) is 44.7 Å². The number of unbranched alkanes of at least 4 members (excludes halogenated alkanes) is 2. The first-order valence-corrected chi connectivity index (χ1v) is 12.7. The summed E-state index contributed by atoms with van der Waals surface area (Å²) in [6.45, 7) is 2.44. The van der Waals surface area contributed by atoms with Gasteiger partial charge >= 0.3 is 11.9 Å². The molecule has 0 radical (unpaired) electrons. The first-order chi connectivity index (χ1) is 16.9. The standard InChI is InChI=1S/C29H38N2O4/c1-2-3-4-5-21-6-11-23(12-7-21)29(33)35-26-14-8-22(9-15-26)10-17-28(32)34-19-18-24-20-25(30)13-16-27(24)31/h8-10,13-17,20-21,23H,2-7,11-12,18-19,30-31H2,1H3. The van der Waals surface area contributed by atoms with E-state index < -0.39 is 5.97 Å². The van der Waals surface area contributed by atoms with Gasteiger partial charge in [0.05, 0.1) is 12.5 Å². The maximum absolute atomic E-state index is 12.6. The van der Waals surface area contributed by atoms with Crippen molar-refractivity contribution in [2.75, 3.05) is 18.1 Å². The predicted octanol–water partition coefficient (Wildman–Crippen LogP) is 5.94. The largest absolute Gasteiger partial charge is 0.462 e. The van der Waals surface area contributed by atoms with Gasteiger partial charge in [0.2, 0.25) is 0 Å². The zero-order valence-corrected chi connectivity index (χ0v) is 20.7. The number of esters is 2. The SMILES string of the molecule is CCCCCC1CCC(C(=O)Oc2ccc(C=CC(=O)OCCc3cc(N)ccc3N)cc2)CC1. The first-order valence-electron chi connectivity index (χ1n) is 12.7. The Balaban J connectivity index is 1.38. The number of nitrogen functional groups attached to an aromatic ring is 2. The van der Waals surface area contributed by atoms with Gasteiger partial charge in [-0.3, -0.25) is 4.79 Å². The maximum Gasteiger partial charge on any atom is 0.330 e. The molecule has 1 saturated carbocycles. The third-order valence-electron chi connectivity index (χ3n) is 6.69. The van der Waals surface area contributed by atoms with Crippen LogP contribution in [0.1, 0.15) is 69.4 Å². The Bertz CT molecular complexity index is 992. The fourth-order valence-electron chi connectivity index (χ4n) is 4.53. The monoisotopic (exact) mass is 478 g/mol. The van der Waals surface area contributed by atoms with Crippen LogP contribution in [0, 0.1) is 11.8 Å². The van der Waals surface area contributed by atoms with Crippen LogP contribution in [0.2, 0.25) is 0 Å². The molecule has 0 aliphatic heterocycles. The molecular formula is C29H38N2O4. The summed E-state index contributed by atoms with van der Waals surface area (Å²) in [6.07, 6.45) is 12.8. The fourth-order valence-corrected chi connectivity index (χ4v) is 4.53. The zero-order valence-electron chi connectivity index (χ0n) is 20.7. The lowest BCUT2D eigenvalue weighted by molar-refractivity contribution is -0.140. The molecule has 0 bridgehead atoms. The van der Waals surface area contributed by atoms with Gasteiger partial charge < -0.3 is 20.9 Å². The number of rotatable bonds is 11. The van der Waals surface area contributed by atoms with E-state index >= 15 is 0 Å². The molecule has 2 aromatic rings. The summed E-state index contributed by atoms with van der Waals surface area (Å²) in [5.41, 5.74) is 14.6. The van der Waals surface area contributed by atoms with E-state index in [-0.39, 0.29) is 18.5 Å². The number of carbonyl (C=O) groups excluding carboxylic acids is 2. The predicted molar refractivity (Wildman–Crippen MR) is 141 cm³/mol. The molecule has 2 aromatic carbocycles. The normalized spacial score (nSPS) is 17.9. The van der Waals surface area contributed by atoms with Gasteiger partial charge in [-0.15, -0.1) is 0 Å². The van der Waals surface area contributed by atoms with E-state index in [0.29, 0.717) is 23.5 Å². The second-order valence-corrected chi connectivity index (χ2v) is 9.41. The van der Waals surface area contributed by atoms with Gasteiger partial charge in [-0.25, -0.2) is 4.79 Å². The third-order valence-corrected chi connectivity index (χ3v) is 6.69.